The van der Waals surface area contributed by atoms with E-state index in [0.29, 0.717) is 30.0 Å². The number of benzene rings is 2. The van der Waals surface area contributed by atoms with Gasteiger partial charge in [0, 0.05) is 12.1 Å². The summed E-state index contributed by atoms with van der Waals surface area (Å²) in [7, 11) is 1.62. The Kier molecular flexibility index (Phi) is 8.29. The van der Waals surface area contributed by atoms with Crippen LogP contribution in [0.3, 0.4) is 0 Å². The van der Waals surface area contributed by atoms with E-state index in [1.165, 1.54) is 25.0 Å². The molecule has 31 heavy (non-hydrogen) atoms. The van der Waals surface area contributed by atoms with E-state index in [9.17, 15) is 9.18 Å². The molecule has 168 valence electrons. The minimum atomic E-state index is -0.274. The molecular weight excluding hydrogens is 395 g/mol. The third-order valence-corrected chi connectivity index (χ3v) is 5.42. The predicted octanol–water partition coefficient (Wildman–Crippen LogP) is 4.24. The van der Waals surface area contributed by atoms with Gasteiger partial charge in [-0.15, -0.1) is 0 Å². The molecule has 0 spiro atoms. The van der Waals surface area contributed by atoms with Gasteiger partial charge in [0.25, 0.3) is 0 Å². The lowest BCUT2D eigenvalue weighted by atomic mass is 10.0. The monoisotopic (exact) mass is 428 g/mol. The molecule has 0 radical (unpaired) electrons. The third-order valence-electron chi connectivity index (χ3n) is 5.42. The first-order valence-electron chi connectivity index (χ1n) is 11.0. The van der Waals surface area contributed by atoms with Crippen LogP contribution < -0.4 is 20.1 Å². The molecule has 1 fully saturated rings. The first-order chi connectivity index (χ1) is 14.9. The number of ether oxygens (including phenoxy) is 2. The second-order valence-corrected chi connectivity index (χ2v) is 8.49. The molecule has 1 saturated carbocycles. The van der Waals surface area contributed by atoms with Gasteiger partial charge >= 0.3 is 0 Å². The molecule has 0 aliphatic heterocycles. The van der Waals surface area contributed by atoms with Gasteiger partial charge in [-0.05, 0) is 80.8 Å². The molecule has 1 amide bonds. The fraction of sp³-hybridized carbons (Fsp3) is 0.480. The van der Waals surface area contributed by atoms with Crippen molar-refractivity contribution in [2.24, 2.45) is 5.92 Å². The number of hydrogen-bond donors (Lipinski definition) is 2. The summed E-state index contributed by atoms with van der Waals surface area (Å²) in [5.41, 5.74) is 1.93. The molecule has 1 aliphatic carbocycles. The summed E-state index contributed by atoms with van der Waals surface area (Å²) in [5, 5.41) is 6.37. The summed E-state index contributed by atoms with van der Waals surface area (Å²) in [6, 6.07) is 12.8. The number of carbonyl (C=O) groups excluding carboxylic acids is 1. The van der Waals surface area contributed by atoms with E-state index < -0.39 is 0 Å². The van der Waals surface area contributed by atoms with E-state index in [-0.39, 0.29) is 24.4 Å². The van der Waals surface area contributed by atoms with E-state index in [2.05, 4.69) is 10.6 Å². The summed E-state index contributed by atoms with van der Waals surface area (Å²) in [6.07, 6.45) is 4.30. The van der Waals surface area contributed by atoms with E-state index in [0.717, 1.165) is 24.0 Å². The highest BCUT2D eigenvalue weighted by molar-refractivity contribution is 5.78. The van der Waals surface area contributed by atoms with Crippen LogP contribution in [-0.2, 0) is 17.8 Å². The molecule has 2 aromatic rings. The van der Waals surface area contributed by atoms with Crippen molar-refractivity contribution in [3.8, 4) is 11.5 Å². The first-order valence-corrected chi connectivity index (χ1v) is 11.0. The number of nitrogens with one attached hydrogen (secondary N) is 2. The first kappa shape index (κ1) is 23.1. The largest absolute Gasteiger partial charge is 0.493 e. The topological polar surface area (TPSA) is 59.6 Å². The van der Waals surface area contributed by atoms with Crippen LogP contribution in [0.15, 0.2) is 42.5 Å². The van der Waals surface area contributed by atoms with Crippen LogP contribution in [0.25, 0.3) is 0 Å². The number of carbonyl (C=O) groups is 1. The lowest BCUT2D eigenvalue weighted by Crippen LogP contribution is -2.42. The average Bonchev–Trinajstić information content (AvgIpc) is 3.57. The molecule has 0 heterocycles. The van der Waals surface area contributed by atoms with Crippen molar-refractivity contribution in [1.82, 2.24) is 10.6 Å². The summed E-state index contributed by atoms with van der Waals surface area (Å²) in [5.74, 6) is 1.73. The summed E-state index contributed by atoms with van der Waals surface area (Å²) in [6.45, 7) is 4.57. The zero-order valence-corrected chi connectivity index (χ0v) is 18.6. The van der Waals surface area contributed by atoms with Crippen LogP contribution in [0, 0.1) is 11.7 Å². The van der Waals surface area contributed by atoms with Crippen molar-refractivity contribution in [2.75, 3.05) is 13.7 Å². The van der Waals surface area contributed by atoms with Gasteiger partial charge in [-0.1, -0.05) is 18.2 Å². The van der Waals surface area contributed by atoms with Crippen molar-refractivity contribution >= 4 is 5.91 Å². The molecule has 2 aromatic carbocycles. The minimum Gasteiger partial charge on any atom is -0.493 e. The van der Waals surface area contributed by atoms with Crippen LogP contribution >= 0.6 is 0 Å². The average molecular weight is 429 g/mol. The third kappa shape index (κ3) is 7.55. The number of halogens is 1. The zero-order valence-electron chi connectivity index (χ0n) is 18.6. The van der Waals surface area contributed by atoms with Crippen molar-refractivity contribution in [3.63, 3.8) is 0 Å². The number of methoxy groups -OCH3 is 1. The highest BCUT2D eigenvalue weighted by Crippen LogP contribution is 2.35. The maximum atomic E-state index is 13.3. The molecule has 0 saturated heterocycles. The minimum absolute atomic E-state index is 0.0436. The standard InChI is InChI=1S/C25H33FN2O3/c1-17(2)28-25(29)15-27-22(20-9-10-20)11-7-18-8-12-23(24(14-18)30-3)31-16-19-5-4-6-21(26)13-19/h4-6,8,12-14,17,20,22,27H,7,9-11,15-16H2,1-3H3,(H,28,29). The second kappa shape index (κ2) is 11.1. The number of aryl methyl sites for hydroxylation is 1. The van der Waals surface area contributed by atoms with E-state index in [1.54, 1.807) is 13.2 Å². The Balaban J connectivity index is 1.54. The summed E-state index contributed by atoms with van der Waals surface area (Å²) >= 11 is 0. The quantitative estimate of drug-likeness (QED) is 0.531. The Morgan fingerprint density at radius 2 is 1.94 bits per heavy atom. The molecule has 2 N–H and O–H groups in total. The smallest absolute Gasteiger partial charge is 0.234 e. The number of hydrogen-bond acceptors (Lipinski definition) is 4. The molecule has 1 aliphatic rings. The van der Waals surface area contributed by atoms with Gasteiger partial charge in [0.2, 0.25) is 5.91 Å². The van der Waals surface area contributed by atoms with Crippen LogP contribution in [0.5, 0.6) is 11.5 Å². The van der Waals surface area contributed by atoms with E-state index in [4.69, 9.17) is 9.47 Å². The second-order valence-electron chi connectivity index (χ2n) is 8.49. The zero-order chi connectivity index (χ0) is 22.2. The highest BCUT2D eigenvalue weighted by Gasteiger charge is 2.30. The lowest BCUT2D eigenvalue weighted by molar-refractivity contribution is -0.120. The van der Waals surface area contributed by atoms with E-state index in [1.807, 2.05) is 38.1 Å². The normalized spacial score (nSPS) is 14.4. The Bertz CT molecular complexity index is 868. The Labute approximate surface area is 184 Å². The van der Waals surface area contributed by atoms with E-state index >= 15 is 0 Å². The summed E-state index contributed by atoms with van der Waals surface area (Å²) < 4.78 is 24.7. The van der Waals surface area contributed by atoms with Crippen LogP contribution in [0.2, 0.25) is 0 Å². The Hall–Kier alpha value is -2.60. The number of amides is 1. The van der Waals surface area contributed by atoms with Crippen LogP contribution in [-0.4, -0.2) is 31.6 Å². The van der Waals surface area contributed by atoms with Crippen LogP contribution in [0.1, 0.15) is 44.2 Å². The maximum absolute atomic E-state index is 13.3. The van der Waals surface area contributed by atoms with Gasteiger partial charge in [0.05, 0.1) is 13.7 Å². The highest BCUT2D eigenvalue weighted by atomic mass is 19.1. The molecule has 0 aromatic heterocycles. The SMILES string of the molecule is COc1cc(CCC(NCC(=O)NC(C)C)C2CC2)ccc1OCc1cccc(F)c1. The van der Waals surface area contributed by atoms with Gasteiger partial charge in [0.1, 0.15) is 12.4 Å². The molecule has 0 bridgehead atoms. The van der Waals surface area contributed by atoms with Crippen molar-refractivity contribution in [1.29, 1.82) is 0 Å². The molecule has 1 atom stereocenters. The van der Waals surface area contributed by atoms with Crippen molar-refractivity contribution < 1.29 is 18.7 Å². The van der Waals surface area contributed by atoms with Gasteiger partial charge in [-0.25, -0.2) is 4.39 Å². The number of rotatable bonds is 12. The Morgan fingerprint density at radius 3 is 2.61 bits per heavy atom. The van der Waals surface area contributed by atoms with Crippen LogP contribution in [0.4, 0.5) is 4.39 Å². The molecule has 5 nitrogen and oxygen atoms in total. The predicted molar refractivity (Wildman–Crippen MR) is 120 cm³/mol. The van der Waals surface area contributed by atoms with Gasteiger partial charge < -0.3 is 20.1 Å². The van der Waals surface area contributed by atoms with Crippen molar-refractivity contribution in [3.05, 3.63) is 59.4 Å². The molecular formula is C25H33FN2O3. The maximum Gasteiger partial charge on any atom is 0.234 e. The molecule has 1 unspecified atom stereocenters. The lowest BCUT2D eigenvalue weighted by Gasteiger charge is -2.19. The fourth-order valence-corrected chi connectivity index (χ4v) is 3.70. The fourth-order valence-electron chi connectivity index (χ4n) is 3.70. The van der Waals surface area contributed by atoms with Gasteiger partial charge in [-0.2, -0.15) is 0 Å². The van der Waals surface area contributed by atoms with Crippen molar-refractivity contribution in [2.45, 2.75) is 58.2 Å². The summed E-state index contributed by atoms with van der Waals surface area (Å²) in [4.78, 5) is 12.0. The molecule has 3 rings (SSSR count). The van der Waals surface area contributed by atoms with Gasteiger partial charge in [0.15, 0.2) is 11.5 Å². The Morgan fingerprint density at radius 1 is 1.13 bits per heavy atom. The van der Waals surface area contributed by atoms with Gasteiger partial charge in [-0.3, -0.25) is 4.79 Å². The molecule has 6 heteroatoms.